The highest BCUT2D eigenvalue weighted by molar-refractivity contribution is 7.98. The number of hydrogen-bond acceptors (Lipinski definition) is 7. The summed E-state index contributed by atoms with van der Waals surface area (Å²) < 4.78 is 6.53. The number of fused-ring (bicyclic) bond motifs is 1. The van der Waals surface area contributed by atoms with Gasteiger partial charge in [-0.15, -0.1) is 24.2 Å². The normalized spacial score (nSPS) is 13.8. The van der Waals surface area contributed by atoms with Crippen molar-refractivity contribution in [2.75, 3.05) is 50.5 Å². The monoisotopic (exact) mass is 553 g/mol. The second-order valence-electron chi connectivity index (χ2n) is 8.49. The number of amides is 1. The molecule has 0 spiro atoms. The minimum atomic E-state index is -0.119. The number of carbonyl (C=O) groups is 2. The summed E-state index contributed by atoms with van der Waals surface area (Å²) in [5.74, 6) is -0.179. The molecule has 0 radical (unpaired) electrons. The first kappa shape index (κ1) is 27.3. The standard InChI is InChI=1S/C28H27N3O3S2.ClH/c1-35-23-8-5-9-24-25(23)29-28(36-24)31(15-14-30-16-18-34-19-17-30)27(33)22-12-10-21(11-13-22)26(32)20-6-3-2-4-7-20;/h2-13H,14-19H2,1H3;1H. The zero-order valence-corrected chi connectivity index (χ0v) is 22.9. The van der Waals surface area contributed by atoms with Gasteiger partial charge >= 0.3 is 0 Å². The van der Waals surface area contributed by atoms with Crippen molar-refractivity contribution < 1.29 is 14.3 Å². The lowest BCUT2D eigenvalue weighted by Crippen LogP contribution is -2.43. The molecule has 1 aliphatic heterocycles. The number of carbonyl (C=O) groups excluding carboxylic acids is 2. The first-order valence-electron chi connectivity index (χ1n) is 11.9. The molecule has 1 fully saturated rings. The average molecular weight is 554 g/mol. The molecule has 9 heteroatoms. The van der Waals surface area contributed by atoms with Crippen LogP contribution in [0.5, 0.6) is 0 Å². The number of morpholine rings is 1. The second kappa shape index (κ2) is 12.7. The molecule has 0 bridgehead atoms. The van der Waals surface area contributed by atoms with Crippen molar-refractivity contribution in [1.82, 2.24) is 9.88 Å². The second-order valence-corrected chi connectivity index (χ2v) is 10.3. The number of anilines is 1. The highest BCUT2D eigenvalue weighted by Gasteiger charge is 2.24. The van der Waals surface area contributed by atoms with E-state index in [1.807, 2.05) is 36.6 Å². The number of nitrogens with zero attached hydrogens (tertiary/aromatic N) is 3. The topological polar surface area (TPSA) is 62.7 Å². The van der Waals surface area contributed by atoms with Gasteiger partial charge < -0.3 is 4.74 Å². The van der Waals surface area contributed by atoms with Gasteiger partial charge in [-0.25, -0.2) is 4.98 Å². The zero-order chi connectivity index (χ0) is 24.9. The summed E-state index contributed by atoms with van der Waals surface area (Å²) in [5.41, 5.74) is 2.65. The van der Waals surface area contributed by atoms with Crippen LogP contribution in [0.4, 0.5) is 5.13 Å². The number of aromatic nitrogens is 1. The predicted octanol–water partition coefficient (Wildman–Crippen LogP) is 5.65. The predicted molar refractivity (Wildman–Crippen MR) is 154 cm³/mol. The summed E-state index contributed by atoms with van der Waals surface area (Å²) >= 11 is 3.19. The van der Waals surface area contributed by atoms with Crippen LogP contribution in [0.2, 0.25) is 0 Å². The molecule has 192 valence electrons. The molecule has 2 heterocycles. The van der Waals surface area contributed by atoms with Crippen molar-refractivity contribution in [2.45, 2.75) is 4.90 Å². The third-order valence-corrected chi connectivity index (χ3v) is 8.05. The molecule has 3 aromatic carbocycles. The van der Waals surface area contributed by atoms with Gasteiger partial charge in [0.05, 0.1) is 23.4 Å². The lowest BCUT2D eigenvalue weighted by Gasteiger charge is -2.29. The van der Waals surface area contributed by atoms with Crippen molar-refractivity contribution in [1.29, 1.82) is 0 Å². The van der Waals surface area contributed by atoms with Crippen LogP contribution in [0.3, 0.4) is 0 Å². The number of ketones is 1. The molecule has 37 heavy (non-hydrogen) atoms. The van der Waals surface area contributed by atoms with Gasteiger partial charge in [-0.05, 0) is 30.5 Å². The lowest BCUT2D eigenvalue weighted by molar-refractivity contribution is 0.0391. The maximum absolute atomic E-state index is 13.8. The molecule has 0 unspecified atom stereocenters. The summed E-state index contributed by atoms with van der Waals surface area (Å²) in [6.45, 7) is 4.40. The van der Waals surface area contributed by atoms with Gasteiger partial charge in [0.2, 0.25) is 0 Å². The summed E-state index contributed by atoms with van der Waals surface area (Å²) in [6.07, 6.45) is 2.04. The third kappa shape index (κ3) is 6.22. The largest absolute Gasteiger partial charge is 0.379 e. The summed E-state index contributed by atoms with van der Waals surface area (Å²) in [4.78, 5) is 36.6. The molecule has 0 aliphatic carbocycles. The first-order valence-corrected chi connectivity index (χ1v) is 13.9. The van der Waals surface area contributed by atoms with Crippen LogP contribution in [-0.4, -0.2) is 67.2 Å². The number of thiazole rings is 1. The van der Waals surface area contributed by atoms with Crippen LogP contribution in [0.1, 0.15) is 26.3 Å². The Hall–Kier alpha value is -2.75. The zero-order valence-electron chi connectivity index (χ0n) is 20.5. The van der Waals surface area contributed by atoms with E-state index in [0.29, 0.717) is 41.6 Å². The lowest BCUT2D eigenvalue weighted by atomic mass is 10.0. The molecule has 5 rings (SSSR count). The number of halogens is 1. The van der Waals surface area contributed by atoms with E-state index in [2.05, 4.69) is 11.0 Å². The number of rotatable bonds is 8. The fourth-order valence-corrected chi connectivity index (χ4v) is 5.86. The van der Waals surface area contributed by atoms with Gasteiger partial charge in [0.15, 0.2) is 10.9 Å². The molecule has 0 N–H and O–H groups in total. The number of hydrogen-bond donors (Lipinski definition) is 0. The fraction of sp³-hybridized carbons (Fsp3) is 0.250. The number of benzene rings is 3. The molecule has 1 aromatic heterocycles. The molecular weight excluding hydrogens is 526 g/mol. The van der Waals surface area contributed by atoms with E-state index in [0.717, 1.165) is 34.7 Å². The molecule has 0 saturated carbocycles. The Bertz CT molecular complexity index is 1360. The van der Waals surface area contributed by atoms with Gasteiger partial charge in [0, 0.05) is 47.8 Å². The van der Waals surface area contributed by atoms with Gasteiger partial charge in [-0.1, -0.05) is 59.9 Å². The quantitative estimate of drug-likeness (QED) is 0.207. The number of ether oxygens (including phenoxy) is 1. The van der Waals surface area contributed by atoms with E-state index in [4.69, 9.17) is 9.72 Å². The smallest absolute Gasteiger partial charge is 0.260 e. The van der Waals surface area contributed by atoms with Crippen LogP contribution >= 0.6 is 35.5 Å². The van der Waals surface area contributed by atoms with E-state index in [-0.39, 0.29) is 24.1 Å². The molecular formula is C28H28ClN3O3S2. The van der Waals surface area contributed by atoms with Gasteiger partial charge in [0.1, 0.15) is 0 Å². The number of thioether (sulfide) groups is 1. The Balaban J connectivity index is 0.00000320. The Morgan fingerprint density at radius 1 is 0.946 bits per heavy atom. The van der Waals surface area contributed by atoms with Crippen LogP contribution in [-0.2, 0) is 4.74 Å². The van der Waals surface area contributed by atoms with Crippen molar-refractivity contribution >= 4 is 62.5 Å². The fourth-order valence-electron chi connectivity index (χ4n) is 4.22. The molecule has 4 aromatic rings. The highest BCUT2D eigenvalue weighted by Crippen LogP contribution is 2.34. The minimum absolute atomic E-state index is 0. The Morgan fingerprint density at radius 2 is 1.62 bits per heavy atom. The van der Waals surface area contributed by atoms with Crippen LogP contribution in [0.15, 0.2) is 77.7 Å². The Labute approximate surface area is 231 Å². The Morgan fingerprint density at radius 3 is 2.32 bits per heavy atom. The molecule has 0 atom stereocenters. The average Bonchev–Trinajstić information content (AvgIpc) is 3.38. The van der Waals surface area contributed by atoms with E-state index in [1.165, 1.54) is 11.3 Å². The van der Waals surface area contributed by atoms with Gasteiger partial charge in [-0.2, -0.15) is 0 Å². The van der Waals surface area contributed by atoms with Crippen LogP contribution in [0, 0.1) is 0 Å². The molecule has 1 saturated heterocycles. The van der Waals surface area contributed by atoms with E-state index >= 15 is 0 Å². The van der Waals surface area contributed by atoms with Gasteiger partial charge in [0.25, 0.3) is 5.91 Å². The van der Waals surface area contributed by atoms with Crippen molar-refractivity contribution in [3.8, 4) is 0 Å². The summed E-state index contributed by atoms with van der Waals surface area (Å²) in [5, 5.41) is 0.689. The third-order valence-electron chi connectivity index (χ3n) is 6.24. The molecule has 1 amide bonds. The first-order chi connectivity index (χ1) is 17.6. The summed E-state index contributed by atoms with van der Waals surface area (Å²) in [6, 6.07) is 22.2. The van der Waals surface area contributed by atoms with Crippen molar-refractivity contribution in [2.24, 2.45) is 0 Å². The summed E-state index contributed by atoms with van der Waals surface area (Å²) in [7, 11) is 0. The van der Waals surface area contributed by atoms with Crippen molar-refractivity contribution in [3.05, 3.63) is 89.5 Å². The Kier molecular flexibility index (Phi) is 9.34. The maximum atomic E-state index is 13.8. The molecule has 1 aliphatic rings. The minimum Gasteiger partial charge on any atom is -0.379 e. The SMILES string of the molecule is CSc1cccc2sc(N(CCN3CCOCC3)C(=O)c3ccc(C(=O)c4ccccc4)cc3)nc12.Cl. The maximum Gasteiger partial charge on any atom is 0.260 e. The van der Waals surface area contributed by atoms with Crippen LogP contribution in [0.25, 0.3) is 10.2 Å². The highest BCUT2D eigenvalue weighted by atomic mass is 35.5. The van der Waals surface area contributed by atoms with Crippen LogP contribution < -0.4 is 4.90 Å². The number of para-hydroxylation sites is 1. The van der Waals surface area contributed by atoms with Crippen molar-refractivity contribution in [3.63, 3.8) is 0 Å². The van der Waals surface area contributed by atoms with Gasteiger partial charge in [-0.3, -0.25) is 19.4 Å². The molecule has 6 nitrogen and oxygen atoms in total. The van der Waals surface area contributed by atoms with E-state index < -0.39 is 0 Å². The van der Waals surface area contributed by atoms with E-state index in [9.17, 15) is 9.59 Å². The van der Waals surface area contributed by atoms with E-state index in [1.54, 1.807) is 53.1 Å².